The summed E-state index contributed by atoms with van der Waals surface area (Å²) in [6.07, 6.45) is 1.01. The van der Waals surface area contributed by atoms with Crippen LogP contribution >= 0.6 is 22.9 Å². The van der Waals surface area contributed by atoms with E-state index >= 15 is 0 Å². The maximum Gasteiger partial charge on any atom is 0.237 e. The molecule has 0 fully saturated rings. The van der Waals surface area contributed by atoms with Crippen molar-refractivity contribution in [1.82, 2.24) is 9.80 Å². The second kappa shape index (κ2) is 6.98. The molecule has 4 rings (SSSR count). The van der Waals surface area contributed by atoms with Gasteiger partial charge in [0, 0.05) is 41.6 Å². The van der Waals surface area contributed by atoms with Crippen molar-refractivity contribution in [2.75, 3.05) is 19.6 Å². The van der Waals surface area contributed by atoms with Crippen LogP contribution < -0.4 is 4.74 Å². The van der Waals surface area contributed by atoms with Crippen molar-refractivity contribution in [3.8, 4) is 5.75 Å². The molecule has 3 heterocycles. The van der Waals surface area contributed by atoms with Crippen molar-refractivity contribution in [3.63, 3.8) is 0 Å². The van der Waals surface area contributed by atoms with Crippen LogP contribution in [-0.2, 0) is 24.3 Å². The first-order valence-electron chi connectivity index (χ1n) is 8.59. The SMILES string of the molecule is CC1CN(CC(=O)N2CCc3sccc3C2)Cc2cc(Cl)ccc2O1. The second-order valence-corrected chi connectivity index (χ2v) is 8.22. The van der Waals surface area contributed by atoms with Gasteiger partial charge in [-0.05, 0) is 48.6 Å². The minimum absolute atomic E-state index is 0.0417. The van der Waals surface area contributed by atoms with Gasteiger partial charge in [-0.1, -0.05) is 11.6 Å². The van der Waals surface area contributed by atoms with Crippen LogP contribution in [0.5, 0.6) is 5.75 Å². The smallest absolute Gasteiger partial charge is 0.237 e. The monoisotopic (exact) mass is 376 g/mol. The maximum absolute atomic E-state index is 12.8. The predicted octanol–water partition coefficient (Wildman–Crippen LogP) is 3.57. The molecule has 0 saturated heterocycles. The Labute approximate surface area is 156 Å². The van der Waals surface area contributed by atoms with Gasteiger partial charge in [-0.2, -0.15) is 0 Å². The fourth-order valence-corrected chi connectivity index (χ4v) is 4.67. The van der Waals surface area contributed by atoms with E-state index in [1.54, 1.807) is 11.3 Å². The van der Waals surface area contributed by atoms with E-state index in [9.17, 15) is 4.79 Å². The Balaban J connectivity index is 1.46. The number of carbonyl (C=O) groups excluding carboxylic acids is 1. The first kappa shape index (κ1) is 16.9. The Morgan fingerprint density at radius 3 is 3.08 bits per heavy atom. The third kappa shape index (κ3) is 3.68. The Morgan fingerprint density at radius 2 is 2.20 bits per heavy atom. The lowest BCUT2D eigenvalue weighted by Crippen LogP contribution is -2.43. The van der Waals surface area contributed by atoms with Gasteiger partial charge in [0.2, 0.25) is 5.91 Å². The second-order valence-electron chi connectivity index (χ2n) is 6.78. The predicted molar refractivity (Wildman–Crippen MR) is 100 cm³/mol. The zero-order valence-corrected chi connectivity index (χ0v) is 15.8. The van der Waals surface area contributed by atoms with Crippen LogP contribution in [0.15, 0.2) is 29.6 Å². The number of nitrogens with zero attached hydrogens (tertiary/aromatic N) is 2. The van der Waals surface area contributed by atoms with E-state index in [1.807, 2.05) is 30.0 Å². The van der Waals surface area contributed by atoms with E-state index in [4.69, 9.17) is 16.3 Å². The molecule has 6 heteroatoms. The maximum atomic E-state index is 12.8. The molecule has 1 amide bonds. The largest absolute Gasteiger partial charge is 0.489 e. The summed E-state index contributed by atoms with van der Waals surface area (Å²) in [5, 5.41) is 2.82. The van der Waals surface area contributed by atoms with Gasteiger partial charge in [0.15, 0.2) is 0 Å². The summed E-state index contributed by atoms with van der Waals surface area (Å²) in [5.41, 5.74) is 2.35. The molecule has 1 unspecified atom stereocenters. The van der Waals surface area contributed by atoms with Crippen LogP contribution in [0.25, 0.3) is 0 Å². The first-order valence-corrected chi connectivity index (χ1v) is 9.84. The highest BCUT2D eigenvalue weighted by Crippen LogP contribution is 2.28. The van der Waals surface area contributed by atoms with Gasteiger partial charge in [0.05, 0.1) is 6.54 Å². The Morgan fingerprint density at radius 1 is 1.32 bits per heavy atom. The molecule has 1 aromatic carbocycles. The van der Waals surface area contributed by atoms with E-state index in [1.165, 1.54) is 10.4 Å². The number of fused-ring (bicyclic) bond motifs is 2. The standard InChI is InChI=1S/C19H21ClN2O2S/c1-13-9-21(10-15-8-16(20)2-3-17(15)24-13)12-19(23)22-6-4-18-14(11-22)5-7-25-18/h2-3,5,7-8,13H,4,6,9-12H2,1H3. The summed E-state index contributed by atoms with van der Waals surface area (Å²) < 4.78 is 5.98. The third-order valence-electron chi connectivity index (χ3n) is 4.78. The number of rotatable bonds is 2. The van der Waals surface area contributed by atoms with Crippen molar-refractivity contribution >= 4 is 28.8 Å². The van der Waals surface area contributed by atoms with Gasteiger partial charge in [-0.25, -0.2) is 0 Å². The lowest BCUT2D eigenvalue weighted by Gasteiger charge is -2.30. The van der Waals surface area contributed by atoms with Gasteiger partial charge in [-0.15, -0.1) is 11.3 Å². The van der Waals surface area contributed by atoms with Crippen molar-refractivity contribution in [2.24, 2.45) is 0 Å². The number of amides is 1. The van der Waals surface area contributed by atoms with Crippen LogP contribution in [0.4, 0.5) is 0 Å². The van der Waals surface area contributed by atoms with Crippen molar-refractivity contribution in [1.29, 1.82) is 0 Å². The zero-order valence-electron chi connectivity index (χ0n) is 14.2. The molecule has 0 saturated carbocycles. The molecule has 2 aliphatic heterocycles. The molecule has 0 spiro atoms. The molecule has 25 heavy (non-hydrogen) atoms. The Hall–Kier alpha value is -1.56. The van der Waals surface area contributed by atoms with Crippen LogP contribution in [0, 0.1) is 0 Å². The summed E-state index contributed by atoms with van der Waals surface area (Å²) in [6.45, 7) is 5.42. The van der Waals surface area contributed by atoms with E-state index in [0.717, 1.165) is 37.4 Å². The molecule has 0 radical (unpaired) electrons. The molecule has 4 nitrogen and oxygen atoms in total. The molecule has 1 aromatic heterocycles. The first-order chi connectivity index (χ1) is 12.1. The van der Waals surface area contributed by atoms with Crippen molar-refractivity contribution in [2.45, 2.75) is 32.5 Å². The Bertz CT molecular complexity index is 791. The van der Waals surface area contributed by atoms with Crippen LogP contribution in [0.2, 0.25) is 5.02 Å². The molecule has 0 aliphatic carbocycles. The summed E-state index contributed by atoms with van der Waals surface area (Å²) in [5.74, 6) is 1.06. The number of hydrogen-bond acceptors (Lipinski definition) is 4. The molecule has 1 atom stereocenters. The van der Waals surface area contributed by atoms with Gasteiger partial charge in [-0.3, -0.25) is 9.69 Å². The number of ether oxygens (including phenoxy) is 1. The fraction of sp³-hybridized carbons (Fsp3) is 0.421. The highest BCUT2D eigenvalue weighted by Gasteiger charge is 2.26. The van der Waals surface area contributed by atoms with Crippen LogP contribution in [0.1, 0.15) is 22.9 Å². The Kier molecular flexibility index (Phi) is 4.71. The summed E-state index contributed by atoms with van der Waals surface area (Å²) in [7, 11) is 0. The van der Waals surface area contributed by atoms with Gasteiger partial charge < -0.3 is 9.64 Å². The lowest BCUT2D eigenvalue weighted by atomic mass is 10.1. The zero-order chi connectivity index (χ0) is 17.4. The highest BCUT2D eigenvalue weighted by molar-refractivity contribution is 7.10. The van der Waals surface area contributed by atoms with Crippen LogP contribution in [-0.4, -0.2) is 41.4 Å². The van der Waals surface area contributed by atoms with E-state index < -0.39 is 0 Å². The fourth-order valence-electron chi connectivity index (χ4n) is 3.58. The van der Waals surface area contributed by atoms with Crippen molar-refractivity contribution < 1.29 is 9.53 Å². The summed E-state index contributed by atoms with van der Waals surface area (Å²) in [4.78, 5) is 18.4. The van der Waals surface area contributed by atoms with E-state index in [2.05, 4.69) is 16.3 Å². The number of benzene rings is 1. The number of halogens is 1. The molecular weight excluding hydrogens is 356 g/mol. The number of hydrogen-bond donors (Lipinski definition) is 0. The molecule has 0 bridgehead atoms. The van der Waals surface area contributed by atoms with Gasteiger partial charge >= 0.3 is 0 Å². The number of carbonyl (C=O) groups is 1. The normalized spacial score (nSPS) is 20.4. The topological polar surface area (TPSA) is 32.8 Å². The summed E-state index contributed by atoms with van der Waals surface area (Å²) >= 11 is 7.92. The third-order valence-corrected chi connectivity index (χ3v) is 6.04. The summed E-state index contributed by atoms with van der Waals surface area (Å²) in [6, 6.07) is 7.84. The minimum atomic E-state index is 0.0417. The molecular formula is C19H21ClN2O2S. The molecule has 132 valence electrons. The van der Waals surface area contributed by atoms with Gasteiger partial charge in [0.1, 0.15) is 11.9 Å². The average Bonchev–Trinajstić information content (AvgIpc) is 2.98. The molecule has 2 aromatic rings. The van der Waals surface area contributed by atoms with Crippen molar-refractivity contribution in [3.05, 3.63) is 50.7 Å². The van der Waals surface area contributed by atoms with E-state index in [-0.39, 0.29) is 12.0 Å². The lowest BCUT2D eigenvalue weighted by molar-refractivity contribution is -0.133. The quantitative estimate of drug-likeness (QED) is 0.803. The minimum Gasteiger partial charge on any atom is -0.489 e. The molecule has 2 aliphatic rings. The van der Waals surface area contributed by atoms with Gasteiger partial charge in [0.25, 0.3) is 0 Å². The number of thiophene rings is 1. The molecule has 0 N–H and O–H groups in total. The average molecular weight is 377 g/mol. The van der Waals surface area contributed by atoms with Crippen LogP contribution in [0.3, 0.4) is 0 Å². The highest BCUT2D eigenvalue weighted by atomic mass is 35.5. The van der Waals surface area contributed by atoms with E-state index in [0.29, 0.717) is 18.1 Å².